The molecule has 0 aromatic carbocycles. The van der Waals surface area contributed by atoms with Crippen LogP contribution in [0.15, 0.2) is 0 Å². The van der Waals surface area contributed by atoms with E-state index in [-0.39, 0.29) is 10.9 Å². The van der Waals surface area contributed by atoms with Crippen molar-refractivity contribution in [2.45, 2.75) is 37.1 Å². The fraction of sp³-hybridized carbons (Fsp3) is 0.889. The summed E-state index contributed by atoms with van der Waals surface area (Å²) in [6.07, 6.45) is 3.56. The second kappa shape index (κ2) is 3.17. The molecule has 2 rings (SSSR count). The molecule has 0 amide bonds. The van der Waals surface area contributed by atoms with Gasteiger partial charge in [-0.15, -0.1) is 11.8 Å². The molecular weight excluding hydrogens is 186 g/mol. The van der Waals surface area contributed by atoms with Gasteiger partial charge in [0, 0.05) is 5.75 Å². The first-order chi connectivity index (χ1) is 6.18. The van der Waals surface area contributed by atoms with Gasteiger partial charge in [0.15, 0.2) is 0 Å². The first-order valence-electron chi connectivity index (χ1n) is 4.82. The second-order valence-corrected chi connectivity index (χ2v) is 5.21. The van der Waals surface area contributed by atoms with E-state index in [2.05, 4.69) is 12.2 Å². The van der Waals surface area contributed by atoms with E-state index < -0.39 is 5.97 Å². The van der Waals surface area contributed by atoms with Crippen LogP contribution in [0.25, 0.3) is 0 Å². The van der Waals surface area contributed by atoms with Crippen molar-refractivity contribution in [1.29, 1.82) is 0 Å². The molecule has 1 aliphatic heterocycles. The fourth-order valence-corrected chi connectivity index (χ4v) is 3.61. The molecule has 2 N–H and O–H groups in total. The van der Waals surface area contributed by atoms with Crippen molar-refractivity contribution in [2.24, 2.45) is 5.92 Å². The highest BCUT2D eigenvalue weighted by molar-refractivity contribution is 8.01. The van der Waals surface area contributed by atoms with E-state index in [9.17, 15) is 4.79 Å². The van der Waals surface area contributed by atoms with E-state index >= 15 is 0 Å². The molecule has 2 atom stereocenters. The van der Waals surface area contributed by atoms with E-state index in [1.54, 1.807) is 11.8 Å². The highest BCUT2D eigenvalue weighted by atomic mass is 32.2. The third kappa shape index (κ3) is 1.57. The third-order valence-electron chi connectivity index (χ3n) is 2.99. The first kappa shape index (κ1) is 9.34. The lowest BCUT2D eigenvalue weighted by Crippen LogP contribution is -2.46. The van der Waals surface area contributed by atoms with E-state index in [0.29, 0.717) is 5.92 Å². The molecule has 2 fully saturated rings. The molecule has 1 saturated carbocycles. The Morgan fingerprint density at radius 2 is 2.38 bits per heavy atom. The zero-order valence-electron chi connectivity index (χ0n) is 7.75. The normalized spacial score (nSPS) is 39.3. The van der Waals surface area contributed by atoms with Gasteiger partial charge in [-0.3, -0.25) is 10.1 Å². The minimum absolute atomic E-state index is 0.0864. The summed E-state index contributed by atoms with van der Waals surface area (Å²) in [6.45, 7) is 2.14. The molecule has 2 aliphatic rings. The van der Waals surface area contributed by atoms with Gasteiger partial charge in [0.1, 0.15) is 6.04 Å². The Bertz CT molecular complexity index is 230. The average Bonchev–Trinajstić information content (AvgIpc) is 2.86. The number of carboxylic acids is 1. The maximum atomic E-state index is 10.8. The molecule has 0 spiro atoms. The summed E-state index contributed by atoms with van der Waals surface area (Å²) < 4.78 is 0. The lowest BCUT2D eigenvalue weighted by molar-refractivity contribution is -0.138. The van der Waals surface area contributed by atoms with Gasteiger partial charge in [0.25, 0.3) is 0 Å². The molecule has 4 heteroatoms. The minimum atomic E-state index is -0.705. The molecule has 1 heterocycles. The Hall–Kier alpha value is -0.220. The lowest BCUT2D eigenvalue weighted by Gasteiger charge is -2.27. The molecule has 1 unspecified atom stereocenters. The van der Waals surface area contributed by atoms with Crippen LogP contribution in [0.4, 0.5) is 0 Å². The zero-order valence-corrected chi connectivity index (χ0v) is 8.56. The van der Waals surface area contributed by atoms with Gasteiger partial charge in [-0.2, -0.15) is 0 Å². The van der Waals surface area contributed by atoms with Crippen molar-refractivity contribution >= 4 is 17.7 Å². The summed E-state index contributed by atoms with van der Waals surface area (Å²) in [4.78, 5) is 10.9. The number of hydrogen-bond donors (Lipinski definition) is 2. The Morgan fingerprint density at radius 1 is 1.69 bits per heavy atom. The molecule has 0 aromatic rings. The molecule has 74 valence electrons. The summed E-state index contributed by atoms with van der Waals surface area (Å²) >= 11 is 1.80. The van der Waals surface area contributed by atoms with Crippen LogP contribution < -0.4 is 5.32 Å². The van der Waals surface area contributed by atoms with Crippen LogP contribution in [0.1, 0.15) is 26.2 Å². The summed E-state index contributed by atoms with van der Waals surface area (Å²) in [5.41, 5.74) is 0. The molecule has 1 aliphatic carbocycles. The fourth-order valence-electron chi connectivity index (χ4n) is 2.02. The van der Waals surface area contributed by atoms with Gasteiger partial charge in [0.2, 0.25) is 0 Å². The smallest absolute Gasteiger partial charge is 0.321 e. The summed E-state index contributed by atoms with van der Waals surface area (Å²) in [7, 11) is 0. The van der Waals surface area contributed by atoms with Gasteiger partial charge >= 0.3 is 5.97 Å². The summed E-state index contributed by atoms with van der Waals surface area (Å²) in [6, 6.07) is -0.328. The topological polar surface area (TPSA) is 49.3 Å². The number of rotatable bonds is 3. The summed E-state index contributed by atoms with van der Waals surface area (Å²) in [5, 5.41) is 12.1. The molecular formula is C9H15NO2S. The Balaban J connectivity index is 2.04. The second-order valence-electron chi connectivity index (χ2n) is 3.86. The molecule has 1 saturated heterocycles. The van der Waals surface area contributed by atoms with Gasteiger partial charge in [-0.25, -0.2) is 0 Å². The number of carboxylic acid groups (broad SMARTS) is 1. The molecule has 0 aromatic heterocycles. The van der Waals surface area contributed by atoms with E-state index in [1.807, 2.05) is 0 Å². The zero-order chi connectivity index (χ0) is 9.47. The third-order valence-corrected chi connectivity index (χ3v) is 4.74. The number of thioether (sulfide) groups is 1. The lowest BCUT2D eigenvalue weighted by atomic mass is 10.1. The average molecular weight is 201 g/mol. The largest absolute Gasteiger partial charge is 0.480 e. The van der Waals surface area contributed by atoms with Gasteiger partial charge < -0.3 is 5.11 Å². The highest BCUT2D eigenvalue weighted by Crippen LogP contribution is 2.50. The van der Waals surface area contributed by atoms with Crippen LogP contribution in [0.5, 0.6) is 0 Å². The maximum absolute atomic E-state index is 10.8. The molecule has 0 radical (unpaired) electrons. The first-order valence-corrected chi connectivity index (χ1v) is 5.81. The molecule has 3 nitrogen and oxygen atoms in total. The van der Waals surface area contributed by atoms with Gasteiger partial charge in [0.05, 0.1) is 4.87 Å². The van der Waals surface area contributed by atoms with Crippen LogP contribution in [-0.2, 0) is 4.79 Å². The predicted octanol–water partition coefficient (Wildman–Crippen LogP) is 1.29. The Kier molecular flexibility index (Phi) is 2.28. The van der Waals surface area contributed by atoms with Crippen LogP contribution >= 0.6 is 11.8 Å². The minimum Gasteiger partial charge on any atom is -0.480 e. The van der Waals surface area contributed by atoms with Crippen molar-refractivity contribution in [3.8, 4) is 0 Å². The van der Waals surface area contributed by atoms with Crippen LogP contribution in [0.3, 0.4) is 0 Å². The standard InChI is InChI=1S/C9H15NO2S/c1-2-9(6-3-4-6)10-7(5-13-9)8(11)12/h6-7,10H,2-5H2,1H3,(H,11,12)/t7-,9?/m1/s1. The summed E-state index contributed by atoms with van der Waals surface area (Å²) in [5.74, 6) is 0.731. The highest BCUT2D eigenvalue weighted by Gasteiger charge is 2.50. The number of hydrogen-bond acceptors (Lipinski definition) is 3. The quantitative estimate of drug-likeness (QED) is 0.722. The van der Waals surface area contributed by atoms with E-state index in [0.717, 1.165) is 12.2 Å². The number of nitrogens with one attached hydrogen (secondary N) is 1. The maximum Gasteiger partial charge on any atom is 0.321 e. The van der Waals surface area contributed by atoms with Crippen molar-refractivity contribution < 1.29 is 9.90 Å². The van der Waals surface area contributed by atoms with Gasteiger partial charge in [-0.1, -0.05) is 6.92 Å². The monoisotopic (exact) mass is 201 g/mol. The van der Waals surface area contributed by atoms with Crippen LogP contribution in [0.2, 0.25) is 0 Å². The Labute approximate surface area is 82.3 Å². The van der Waals surface area contributed by atoms with Crippen LogP contribution in [0, 0.1) is 5.92 Å². The van der Waals surface area contributed by atoms with Crippen LogP contribution in [-0.4, -0.2) is 27.7 Å². The SMILES string of the molecule is CCC1(C2CC2)N[C@@H](C(=O)O)CS1. The number of carbonyl (C=O) groups is 1. The predicted molar refractivity (Wildman–Crippen MR) is 52.8 cm³/mol. The van der Waals surface area contributed by atoms with Crippen molar-refractivity contribution in [2.75, 3.05) is 5.75 Å². The van der Waals surface area contributed by atoms with Crippen molar-refractivity contribution in [3.05, 3.63) is 0 Å². The molecule has 0 bridgehead atoms. The Morgan fingerprint density at radius 3 is 2.77 bits per heavy atom. The molecule has 13 heavy (non-hydrogen) atoms. The van der Waals surface area contributed by atoms with Gasteiger partial charge in [-0.05, 0) is 25.2 Å². The van der Waals surface area contributed by atoms with Crippen molar-refractivity contribution in [1.82, 2.24) is 5.32 Å². The number of aliphatic carboxylic acids is 1. The van der Waals surface area contributed by atoms with E-state index in [1.165, 1.54) is 12.8 Å². The van der Waals surface area contributed by atoms with E-state index in [4.69, 9.17) is 5.11 Å². The van der Waals surface area contributed by atoms with Crippen molar-refractivity contribution in [3.63, 3.8) is 0 Å².